The standard InChI is InChI=1S/C10H12N2O5S/c1-3-10(18,6(13)7(14)15)9-11-4-5(12-9)8(16)17-2/h4,18H,3H2,1-2H3,(H,11,12)(H,14,15). The van der Waals surface area contributed by atoms with Crippen molar-refractivity contribution in [2.45, 2.75) is 18.1 Å². The second kappa shape index (κ2) is 5.21. The number of aromatic amines is 1. The van der Waals surface area contributed by atoms with E-state index in [1.807, 2.05) is 0 Å². The van der Waals surface area contributed by atoms with E-state index in [-0.39, 0.29) is 17.9 Å². The molecule has 0 aliphatic heterocycles. The van der Waals surface area contributed by atoms with Crippen molar-refractivity contribution in [1.82, 2.24) is 9.97 Å². The molecular formula is C10H12N2O5S. The number of carbonyl (C=O) groups is 3. The van der Waals surface area contributed by atoms with E-state index in [9.17, 15) is 14.4 Å². The first-order valence-corrected chi connectivity index (χ1v) is 5.45. The molecular weight excluding hydrogens is 260 g/mol. The summed E-state index contributed by atoms with van der Waals surface area (Å²) in [5, 5.41) is 8.74. The van der Waals surface area contributed by atoms with Gasteiger partial charge in [-0.1, -0.05) is 6.92 Å². The first-order valence-electron chi connectivity index (χ1n) is 5.00. The van der Waals surface area contributed by atoms with Gasteiger partial charge in [0.1, 0.15) is 16.3 Å². The number of nitrogens with zero attached hydrogens (tertiary/aromatic N) is 1. The molecule has 2 N–H and O–H groups in total. The number of hydrogen-bond donors (Lipinski definition) is 3. The van der Waals surface area contributed by atoms with Gasteiger partial charge in [-0.15, -0.1) is 0 Å². The van der Waals surface area contributed by atoms with Crippen molar-refractivity contribution in [2.24, 2.45) is 0 Å². The Bertz CT molecular complexity index is 498. The van der Waals surface area contributed by atoms with Gasteiger partial charge in [-0.25, -0.2) is 14.6 Å². The highest BCUT2D eigenvalue weighted by molar-refractivity contribution is 7.82. The number of aromatic nitrogens is 2. The molecule has 98 valence electrons. The highest BCUT2D eigenvalue weighted by Crippen LogP contribution is 2.31. The SMILES string of the molecule is CCC(S)(C(=O)C(=O)O)c1ncc(C(=O)OC)[nH]1. The highest BCUT2D eigenvalue weighted by Gasteiger charge is 2.42. The van der Waals surface area contributed by atoms with Crippen LogP contribution in [0.15, 0.2) is 6.20 Å². The zero-order valence-electron chi connectivity index (χ0n) is 9.76. The Morgan fingerprint density at radius 3 is 2.61 bits per heavy atom. The topological polar surface area (TPSA) is 109 Å². The molecule has 0 amide bonds. The number of aliphatic carboxylic acids is 1. The molecule has 1 rings (SSSR count). The molecule has 18 heavy (non-hydrogen) atoms. The molecule has 0 aromatic carbocycles. The van der Waals surface area contributed by atoms with Crippen molar-refractivity contribution in [3.63, 3.8) is 0 Å². The van der Waals surface area contributed by atoms with E-state index in [0.717, 1.165) is 6.20 Å². The summed E-state index contributed by atoms with van der Waals surface area (Å²) >= 11 is 4.08. The molecule has 7 nitrogen and oxygen atoms in total. The number of Topliss-reactive ketones (excluding diaryl/α,β-unsaturated/α-hetero) is 1. The van der Waals surface area contributed by atoms with Gasteiger partial charge in [0.15, 0.2) is 0 Å². The van der Waals surface area contributed by atoms with Gasteiger partial charge < -0.3 is 14.8 Å². The van der Waals surface area contributed by atoms with Gasteiger partial charge in [0.2, 0.25) is 0 Å². The summed E-state index contributed by atoms with van der Waals surface area (Å²) in [5.41, 5.74) is 0.0255. The summed E-state index contributed by atoms with van der Waals surface area (Å²) < 4.78 is 2.87. The van der Waals surface area contributed by atoms with Crippen molar-refractivity contribution < 1.29 is 24.2 Å². The van der Waals surface area contributed by atoms with Crippen LogP contribution in [0, 0.1) is 0 Å². The van der Waals surface area contributed by atoms with E-state index in [1.54, 1.807) is 6.92 Å². The minimum atomic E-state index is -1.61. The Morgan fingerprint density at radius 2 is 2.17 bits per heavy atom. The van der Waals surface area contributed by atoms with E-state index >= 15 is 0 Å². The fraction of sp³-hybridized carbons (Fsp3) is 0.400. The number of hydrogen-bond acceptors (Lipinski definition) is 6. The molecule has 8 heteroatoms. The summed E-state index contributed by atoms with van der Waals surface area (Å²) in [4.78, 5) is 39.9. The number of carboxylic acid groups (broad SMARTS) is 1. The molecule has 1 heterocycles. The summed E-state index contributed by atoms with van der Waals surface area (Å²) in [6, 6.07) is 0. The minimum absolute atomic E-state index is 0.00105. The molecule has 0 spiro atoms. The predicted molar refractivity (Wildman–Crippen MR) is 63.5 cm³/mol. The van der Waals surface area contributed by atoms with Gasteiger partial charge in [-0.2, -0.15) is 12.6 Å². The number of imidazole rings is 1. The molecule has 1 unspecified atom stereocenters. The van der Waals surface area contributed by atoms with Crippen LogP contribution in [0.4, 0.5) is 0 Å². The van der Waals surface area contributed by atoms with Crippen LogP contribution in [-0.4, -0.2) is 39.9 Å². The molecule has 1 aromatic rings. The number of ether oxygens (including phenoxy) is 1. The molecule has 1 atom stereocenters. The predicted octanol–water partition coefficient (Wildman–Crippen LogP) is 0.385. The smallest absolute Gasteiger partial charge is 0.374 e. The molecule has 0 bridgehead atoms. The van der Waals surface area contributed by atoms with Crippen LogP contribution in [0.2, 0.25) is 0 Å². The molecule has 1 aromatic heterocycles. The van der Waals surface area contributed by atoms with Crippen LogP contribution in [0.1, 0.15) is 29.7 Å². The van der Waals surface area contributed by atoms with Crippen LogP contribution in [-0.2, 0) is 19.1 Å². The monoisotopic (exact) mass is 272 g/mol. The average molecular weight is 272 g/mol. The number of nitrogens with one attached hydrogen (secondary N) is 1. The Hall–Kier alpha value is -1.83. The van der Waals surface area contributed by atoms with Crippen molar-refractivity contribution >= 4 is 30.4 Å². The Morgan fingerprint density at radius 1 is 1.56 bits per heavy atom. The Balaban J connectivity index is 3.17. The van der Waals surface area contributed by atoms with E-state index in [1.165, 1.54) is 7.11 Å². The molecule has 0 saturated carbocycles. The lowest BCUT2D eigenvalue weighted by Crippen LogP contribution is -2.36. The number of thiol groups is 1. The summed E-state index contributed by atoms with van der Waals surface area (Å²) in [6.07, 6.45) is 1.27. The van der Waals surface area contributed by atoms with Crippen LogP contribution in [0.25, 0.3) is 0 Å². The number of H-pyrrole nitrogens is 1. The molecule has 0 aliphatic rings. The van der Waals surface area contributed by atoms with Crippen molar-refractivity contribution in [3.8, 4) is 0 Å². The number of carbonyl (C=O) groups excluding carboxylic acids is 2. The van der Waals surface area contributed by atoms with Gasteiger partial charge in [0.25, 0.3) is 5.78 Å². The van der Waals surface area contributed by atoms with Crippen LogP contribution in [0.5, 0.6) is 0 Å². The fourth-order valence-corrected chi connectivity index (χ4v) is 1.57. The Kier molecular flexibility index (Phi) is 4.12. The zero-order valence-corrected chi connectivity index (χ0v) is 10.7. The summed E-state index contributed by atoms with van der Waals surface area (Å²) in [7, 11) is 1.19. The van der Waals surface area contributed by atoms with Gasteiger partial charge >= 0.3 is 11.9 Å². The number of rotatable bonds is 5. The fourth-order valence-electron chi connectivity index (χ4n) is 1.36. The lowest BCUT2D eigenvalue weighted by Gasteiger charge is -2.20. The van der Waals surface area contributed by atoms with E-state index < -0.39 is 22.5 Å². The maximum Gasteiger partial charge on any atom is 0.374 e. The molecule has 0 saturated heterocycles. The van der Waals surface area contributed by atoms with Gasteiger partial charge in [-0.05, 0) is 6.42 Å². The first kappa shape index (κ1) is 14.2. The Labute approximate surface area is 108 Å². The van der Waals surface area contributed by atoms with Crippen LogP contribution < -0.4 is 0 Å². The third kappa shape index (κ3) is 2.37. The number of esters is 1. The number of methoxy groups -OCH3 is 1. The van der Waals surface area contributed by atoms with Gasteiger partial charge in [0.05, 0.1) is 13.3 Å². The maximum absolute atomic E-state index is 11.6. The number of ketones is 1. The largest absolute Gasteiger partial charge is 0.475 e. The molecule has 0 radical (unpaired) electrons. The van der Waals surface area contributed by atoms with Gasteiger partial charge in [-0.3, -0.25) is 4.79 Å². The first-order chi connectivity index (χ1) is 8.36. The third-order valence-corrected chi connectivity index (χ3v) is 3.19. The van der Waals surface area contributed by atoms with Crippen molar-refractivity contribution in [1.29, 1.82) is 0 Å². The zero-order chi connectivity index (χ0) is 13.9. The highest BCUT2D eigenvalue weighted by atomic mass is 32.1. The summed E-state index contributed by atoms with van der Waals surface area (Å²) in [5.74, 6) is -3.38. The quantitative estimate of drug-likeness (QED) is 0.406. The van der Waals surface area contributed by atoms with E-state index in [2.05, 4.69) is 27.3 Å². The normalized spacial score (nSPS) is 13.7. The lowest BCUT2D eigenvalue weighted by molar-refractivity contribution is -0.150. The second-order valence-corrected chi connectivity index (χ2v) is 4.25. The third-order valence-electron chi connectivity index (χ3n) is 2.45. The summed E-state index contributed by atoms with van der Waals surface area (Å²) in [6.45, 7) is 1.59. The van der Waals surface area contributed by atoms with Crippen molar-refractivity contribution in [2.75, 3.05) is 7.11 Å². The second-order valence-electron chi connectivity index (χ2n) is 3.49. The minimum Gasteiger partial charge on any atom is -0.475 e. The van der Waals surface area contributed by atoms with Gasteiger partial charge in [0, 0.05) is 0 Å². The van der Waals surface area contributed by atoms with Crippen LogP contribution >= 0.6 is 12.6 Å². The lowest BCUT2D eigenvalue weighted by atomic mass is 9.99. The van der Waals surface area contributed by atoms with E-state index in [0.29, 0.717) is 0 Å². The molecule has 0 aliphatic carbocycles. The number of carboxylic acids is 1. The van der Waals surface area contributed by atoms with Crippen molar-refractivity contribution in [3.05, 3.63) is 17.7 Å². The van der Waals surface area contributed by atoms with E-state index in [4.69, 9.17) is 5.11 Å². The molecule has 0 fully saturated rings. The van der Waals surface area contributed by atoms with Crippen LogP contribution in [0.3, 0.4) is 0 Å². The average Bonchev–Trinajstić information content (AvgIpc) is 2.85. The maximum atomic E-state index is 11.6.